The molecule has 0 saturated heterocycles. The van der Waals surface area contributed by atoms with Gasteiger partial charge in [-0.15, -0.1) is 0 Å². The van der Waals surface area contributed by atoms with Gasteiger partial charge in [-0.1, -0.05) is 12.1 Å². The molecule has 1 N–H and O–H groups in total. The van der Waals surface area contributed by atoms with Gasteiger partial charge in [-0.3, -0.25) is 19.4 Å². The molecular formula is C29H23F3N2O5. The highest BCUT2D eigenvalue weighted by atomic mass is 19.4. The number of ketones is 2. The summed E-state index contributed by atoms with van der Waals surface area (Å²) < 4.78 is 49.0. The van der Waals surface area contributed by atoms with E-state index in [2.05, 4.69) is 10.3 Å². The average molecular weight is 537 g/mol. The van der Waals surface area contributed by atoms with Crippen molar-refractivity contribution in [2.75, 3.05) is 19.5 Å². The lowest BCUT2D eigenvalue weighted by Gasteiger charge is -2.21. The van der Waals surface area contributed by atoms with Gasteiger partial charge >= 0.3 is 6.18 Å². The number of hydrogen-bond acceptors (Lipinski definition) is 6. The zero-order valence-electron chi connectivity index (χ0n) is 21.2. The summed E-state index contributed by atoms with van der Waals surface area (Å²) in [5.41, 5.74) is 1.73. The maximum absolute atomic E-state index is 13.4. The van der Waals surface area contributed by atoms with Crippen LogP contribution in [0.2, 0.25) is 0 Å². The van der Waals surface area contributed by atoms with E-state index in [4.69, 9.17) is 9.47 Å². The molecule has 0 aliphatic heterocycles. The lowest BCUT2D eigenvalue weighted by molar-refractivity contribution is -0.137. The van der Waals surface area contributed by atoms with Crippen LogP contribution in [0.1, 0.15) is 28.4 Å². The number of nitrogens with one attached hydrogen (secondary N) is 1. The van der Waals surface area contributed by atoms with Gasteiger partial charge in [0.1, 0.15) is 0 Å². The normalized spacial score (nSPS) is 14.0. The second-order valence-corrected chi connectivity index (χ2v) is 8.65. The fourth-order valence-electron chi connectivity index (χ4n) is 4.22. The lowest BCUT2D eigenvalue weighted by Crippen LogP contribution is -2.26. The summed E-state index contributed by atoms with van der Waals surface area (Å²) in [7, 11) is 2.54. The van der Waals surface area contributed by atoms with Gasteiger partial charge in [0.05, 0.1) is 19.8 Å². The van der Waals surface area contributed by atoms with Gasteiger partial charge < -0.3 is 14.8 Å². The molecular weight excluding hydrogens is 513 g/mol. The summed E-state index contributed by atoms with van der Waals surface area (Å²) >= 11 is 0. The van der Waals surface area contributed by atoms with Crippen LogP contribution in [0, 0.1) is 0 Å². The Labute approximate surface area is 222 Å². The molecule has 39 heavy (non-hydrogen) atoms. The Bertz CT molecular complexity index is 1510. The third-order valence-electron chi connectivity index (χ3n) is 6.27. The first kappa shape index (κ1) is 27.3. The first-order valence-electron chi connectivity index (χ1n) is 11.7. The number of hydrogen-bond donors (Lipinski definition) is 1. The predicted octanol–water partition coefficient (Wildman–Crippen LogP) is 5.53. The average Bonchev–Trinajstić information content (AvgIpc) is 2.93. The van der Waals surface area contributed by atoms with Crippen LogP contribution >= 0.6 is 0 Å². The maximum atomic E-state index is 13.4. The molecule has 1 aromatic heterocycles. The molecule has 0 spiro atoms. The molecule has 1 aliphatic carbocycles. The number of pyridine rings is 1. The van der Waals surface area contributed by atoms with Gasteiger partial charge in [0, 0.05) is 41.2 Å². The number of rotatable bonds is 7. The highest BCUT2D eigenvalue weighted by Crippen LogP contribution is 2.32. The zero-order valence-corrected chi connectivity index (χ0v) is 21.2. The largest absolute Gasteiger partial charge is 0.489 e. The van der Waals surface area contributed by atoms with Crippen molar-refractivity contribution in [1.82, 2.24) is 4.98 Å². The fraction of sp³-hybridized carbons (Fsp3) is 0.172. The maximum Gasteiger partial charge on any atom is 0.416 e. The minimum Gasteiger partial charge on any atom is -0.489 e. The first-order valence-corrected chi connectivity index (χ1v) is 11.7. The lowest BCUT2D eigenvalue weighted by atomic mass is 9.87. The van der Waals surface area contributed by atoms with Crippen LogP contribution < -0.4 is 5.32 Å². The fourth-order valence-corrected chi connectivity index (χ4v) is 4.22. The Morgan fingerprint density at radius 1 is 0.897 bits per heavy atom. The number of alkyl halides is 3. The van der Waals surface area contributed by atoms with Crippen molar-refractivity contribution in [1.29, 1.82) is 0 Å². The van der Waals surface area contributed by atoms with E-state index in [0.29, 0.717) is 16.7 Å². The molecule has 0 fully saturated rings. The Morgan fingerprint density at radius 3 is 2.10 bits per heavy atom. The van der Waals surface area contributed by atoms with Gasteiger partial charge in [-0.25, -0.2) is 0 Å². The molecule has 7 nitrogen and oxygen atoms in total. The molecule has 0 unspecified atom stereocenters. The Balaban J connectivity index is 1.71. The van der Waals surface area contributed by atoms with Crippen LogP contribution in [0.25, 0.3) is 11.1 Å². The van der Waals surface area contributed by atoms with Crippen LogP contribution in [0.5, 0.6) is 0 Å². The number of methoxy groups -OCH3 is 2. The van der Waals surface area contributed by atoms with Crippen molar-refractivity contribution >= 4 is 23.2 Å². The van der Waals surface area contributed by atoms with E-state index in [9.17, 15) is 27.6 Å². The van der Waals surface area contributed by atoms with Crippen LogP contribution in [0.4, 0.5) is 18.9 Å². The second kappa shape index (κ2) is 10.9. The van der Waals surface area contributed by atoms with Crippen molar-refractivity contribution in [2.24, 2.45) is 0 Å². The number of benzene rings is 2. The molecule has 3 aromatic rings. The van der Waals surface area contributed by atoms with E-state index in [1.54, 1.807) is 42.7 Å². The highest BCUT2D eigenvalue weighted by Gasteiger charge is 2.35. The quantitative estimate of drug-likeness (QED) is 0.399. The monoisotopic (exact) mass is 536 g/mol. The zero-order chi connectivity index (χ0) is 28.3. The van der Waals surface area contributed by atoms with E-state index in [1.807, 2.05) is 0 Å². The Hall–Kier alpha value is -4.73. The SMILES string of the molecule is COC1=C(OC)C(=O)C(Cc2ccc(-c3ccncc3)c(C(=O)Nc3ccc(C(F)(F)F)cc3)c2)=C(C)C1=O. The topological polar surface area (TPSA) is 94.6 Å². The summed E-state index contributed by atoms with van der Waals surface area (Å²) in [5, 5.41) is 2.63. The van der Waals surface area contributed by atoms with E-state index < -0.39 is 29.2 Å². The first-order chi connectivity index (χ1) is 18.5. The molecule has 1 heterocycles. The van der Waals surface area contributed by atoms with Crippen molar-refractivity contribution in [3.05, 3.63) is 106 Å². The highest BCUT2D eigenvalue weighted by molar-refractivity contribution is 6.23. The molecule has 0 atom stereocenters. The predicted molar refractivity (Wildman–Crippen MR) is 137 cm³/mol. The van der Waals surface area contributed by atoms with Crippen molar-refractivity contribution in [3.8, 4) is 11.1 Å². The van der Waals surface area contributed by atoms with Crippen LogP contribution in [0.15, 0.2) is 89.7 Å². The van der Waals surface area contributed by atoms with Gasteiger partial charge in [-0.2, -0.15) is 13.2 Å². The van der Waals surface area contributed by atoms with Gasteiger partial charge in [0.15, 0.2) is 0 Å². The van der Waals surface area contributed by atoms with Crippen LogP contribution in [-0.4, -0.2) is 36.7 Å². The van der Waals surface area contributed by atoms with Crippen molar-refractivity contribution in [3.63, 3.8) is 0 Å². The summed E-state index contributed by atoms with van der Waals surface area (Å²) in [5.74, 6) is -1.91. The summed E-state index contributed by atoms with van der Waals surface area (Å²) in [4.78, 5) is 43.2. The number of allylic oxidation sites excluding steroid dienone is 2. The second-order valence-electron chi connectivity index (χ2n) is 8.65. The van der Waals surface area contributed by atoms with E-state index in [-0.39, 0.29) is 40.3 Å². The Kier molecular flexibility index (Phi) is 7.66. The number of carbonyl (C=O) groups excluding carboxylic acids is 3. The van der Waals surface area contributed by atoms with E-state index >= 15 is 0 Å². The number of Topliss-reactive ketones (excluding diaryl/α,β-unsaturated/α-hetero) is 2. The molecule has 0 saturated carbocycles. The number of nitrogens with zero attached hydrogens (tertiary/aromatic N) is 1. The number of aromatic nitrogens is 1. The summed E-state index contributed by atoms with van der Waals surface area (Å²) in [6.07, 6.45) is -1.35. The molecule has 1 amide bonds. The smallest absolute Gasteiger partial charge is 0.416 e. The van der Waals surface area contributed by atoms with E-state index in [1.165, 1.54) is 33.3 Å². The number of ether oxygens (including phenoxy) is 2. The van der Waals surface area contributed by atoms with Gasteiger partial charge in [0.2, 0.25) is 23.1 Å². The number of carbonyl (C=O) groups is 3. The third-order valence-corrected chi connectivity index (χ3v) is 6.27. The molecule has 200 valence electrons. The third kappa shape index (κ3) is 5.59. The van der Waals surface area contributed by atoms with Crippen LogP contribution in [-0.2, 0) is 31.7 Å². The molecule has 10 heteroatoms. The summed E-state index contributed by atoms with van der Waals surface area (Å²) in [6.45, 7) is 1.52. The van der Waals surface area contributed by atoms with Gasteiger partial charge in [0.25, 0.3) is 5.91 Å². The number of halogens is 3. The standard InChI is InChI=1S/C29H23F3N2O5/c1-16-22(25(36)27(39-3)26(38-2)24(16)35)14-17-4-9-21(18-10-12-33-13-11-18)23(15-17)28(37)34-20-7-5-19(6-8-20)29(30,31)32/h4-13,15H,14H2,1-3H3,(H,34,37). The molecule has 2 aromatic carbocycles. The molecule has 1 aliphatic rings. The minimum absolute atomic E-state index is 0.0252. The van der Waals surface area contributed by atoms with E-state index in [0.717, 1.165) is 12.1 Å². The van der Waals surface area contributed by atoms with Gasteiger partial charge in [-0.05, 0) is 66.1 Å². The Morgan fingerprint density at radius 2 is 1.51 bits per heavy atom. The molecule has 0 bridgehead atoms. The van der Waals surface area contributed by atoms with Crippen LogP contribution in [0.3, 0.4) is 0 Å². The minimum atomic E-state index is -4.50. The summed E-state index contributed by atoms with van der Waals surface area (Å²) in [6, 6.07) is 12.5. The number of anilines is 1. The molecule has 0 radical (unpaired) electrons. The number of amides is 1. The van der Waals surface area contributed by atoms with Crippen molar-refractivity contribution < 1.29 is 37.0 Å². The molecule has 4 rings (SSSR count). The van der Waals surface area contributed by atoms with Crippen molar-refractivity contribution in [2.45, 2.75) is 19.5 Å².